The number of carbonyl (C=O) groups is 1. The van der Waals surface area contributed by atoms with Crippen LogP contribution in [0.1, 0.15) is 38.5 Å². The van der Waals surface area contributed by atoms with Gasteiger partial charge in [-0.05, 0) is 31.0 Å². The lowest BCUT2D eigenvalue weighted by molar-refractivity contribution is -0.116. The van der Waals surface area contributed by atoms with E-state index in [0.29, 0.717) is 24.7 Å². The van der Waals surface area contributed by atoms with Crippen LogP contribution in [-0.2, 0) is 4.79 Å². The number of hydrogen-bond acceptors (Lipinski definition) is 2. The number of nitrogens with one attached hydrogen (secondary N) is 2. The van der Waals surface area contributed by atoms with Gasteiger partial charge in [0.05, 0.1) is 0 Å². The van der Waals surface area contributed by atoms with Crippen LogP contribution in [0.15, 0.2) is 24.3 Å². The first-order valence-corrected chi connectivity index (χ1v) is 7.03. The molecule has 2 rings (SSSR count). The minimum absolute atomic E-state index is 0.0751. The SMILES string of the molecule is O=C(CCNC1CCCCC1)Nc1cccc(F)c1. The van der Waals surface area contributed by atoms with Crippen LogP contribution in [0.3, 0.4) is 0 Å². The van der Waals surface area contributed by atoms with Gasteiger partial charge in [-0.15, -0.1) is 0 Å². The molecule has 1 amide bonds. The zero-order valence-corrected chi connectivity index (χ0v) is 11.1. The zero-order chi connectivity index (χ0) is 13.5. The molecule has 0 unspecified atom stereocenters. The van der Waals surface area contributed by atoms with Crippen LogP contribution in [0, 0.1) is 5.82 Å². The van der Waals surface area contributed by atoms with Crippen molar-refractivity contribution in [2.75, 3.05) is 11.9 Å². The standard InChI is InChI=1S/C15H21FN2O/c16-12-5-4-8-14(11-12)18-15(19)9-10-17-13-6-2-1-3-7-13/h4-5,8,11,13,17H,1-3,6-7,9-10H2,(H,18,19). The highest BCUT2D eigenvalue weighted by atomic mass is 19.1. The van der Waals surface area contributed by atoms with E-state index in [1.165, 1.54) is 44.2 Å². The average Bonchev–Trinajstić information content (AvgIpc) is 2.40. The van der Waals surface area contributed by atoms with Crippen molar-refractivity contribution in [3.63, 3.8) is 0 Å². The number of carbonyl (C=O) groups excluding carboxylic acids is 1. The molecule has 0 bridgehead atoms. The van der Waals surface area contributed by atoms with Gasteiger partial charge in [0.15, 0.2) is 0 Å². The second-order valence-electron chi connectivity index (χ2n) is 5.10. The fraction of sp³-hybridized carbons (Fsp3) is 0.533. The number of anilines is 1. The first-order valence-electron chi connectivity index (χ1n) is 7.03. The maximum absolute atomic E-state index is 12.9. The molecule has 0 atom stereocenters. The van der Waals surface area contributed by atoms with Gasteiger partial charge in [0.1, 0.15) is 5.82 Å². The van der Waals surface area contributed by atoms with Crippen LogP contribution in [-0.4, -0.2) is 18.5 Å². The Morgan fingerprint density at radius 3 is 2.79 bits per heavy atom. The van der Waals surface area contributed by atoms with Crippen molar-refractivity contribution in [2.24, 2.45) is 0 Å². The third-order valence-corrected chi connectivity index (χ3v) is 3.50. The Labute approximate surface area is 113 Å². The monoisotopic (exact) mass is 264 g/mol. The highest BCUT2D eigenvalue weighted by Gasteiger charge is 2.12. The van der Waals surface area contributed by atoms with Gasteiger partial charge in [-0.1, -0.05) is 25.3 Å². The first kappa shape index (κ1) is 14.0. The number of benzene rings is 1. The van der Waals surface area contributed by atoms with Crippen molar-refractivity contribution in [3.05, 3.63) is 30.1 Å². The Balaban J connectivity index is 1.67. The minimum atomic E-state index is -0.335. The predicted molar refractivity (Wildman–Crippen MR) is 74.5 cm³/mol. The smallest absolute Gasteiger partial charge is 0.225 e. The molecule has 0 spiro atoms. The number of halogens is 1. The van der Waals surface area contributed by atoms with E-state index < -0.39 is 0 Å². The lowest BCUT2D eigenvalue weighted by Crippen LogP contribution is -2.33. The van der Waals surface area contributed by atoms with E-state index in [-0.39, 0.29) is 11.7 Å². The van der Waals surface area contributed by atoms with Crippen LogP contribution in [0.4, 0.5) is 10.1 Å². The highest BCUT2D eigenvalue weighted by Crippen LogP contribution is 2.17. The summed E-state index contributed by atoms with van der Waals surface area (Å²) in [5.74, 6) is -0.410. The third-order valence-electron chi connectivity index (χ3n) is 3.50. The summed E-state index contributed by atoms with van der Waals surface area (Å²) in [5, 5.41) is 6.12. The maximum Gasteiger partial charge on any atom is 0.225 e. The van der Waals surface area contributed by atoms with E-state index in [0.717, 1.165) is 0 Å². The van der Waals surface area contributed by atoms with E-state index in [4.69, 9.17) is 0 Å². The van der Waals surface area contributed by atoms with Gasteiger partial charge >= 0.3 is 0 Å². The molecule has 0 saturated heterocycles. The number of amides is 1. The third kappa shape index (κ3) is 4.99. The summed E-state index contributed by atoms with van der Waals surface area (Å²) in [5.41, 5.74) is 0.516. The predicted octanol–water partition coefficient (Wildman–Crippen LogP) is 3.08. The van der Waals surface area contributed by atoms with Crippen molar-refractivity contribution in [1.82, 2.24) is 5.32 Å². The molecular formula is C15H21FN2O. The molecular weight excluding hydrogens is 243 g/mol. The van der Waals surface area contributed by atoms with Crippen molar-refractivity contribution in [1.29, 1.82) is 0 Å². The lowest BCUT2D eigenvalue weighted by atomic mass is 9.95. The number of rotatable bonds is 5. The second kappa shape index (κ2) is 7.24. The van der Waals surface area contributed by atoms with Gasteiger partial charge in [0.25, 0.3) is 0 Å². The molecule has 1 aromatic carbocycles. The first-order chi connectivity index (χ1) is 9.24. The zero-order valence-electron chi connectivity index (χ0n) is 11.1. The molecule has 1 aromatic rings. The molecule has 1 fully saturated rings. The summed E-state index contributed by atoms with van der Waals surface area (Å²) in [6.45, 7) is 0.686. The molecule has 0 aromatic heterocycles. The van der Waals surface area contributed by atoms with Crippen molar-refractivity contribution >= 4 is 11.6 Å². The van der Waals surface area contributed by atoms with Gasteiger partial charge in [0, 0.05) is 24.7 Å². The quantitative estimate of drug-likeness (QED) is 0.858. The summed E-state index contributed by atoms with van der Waals surface area (Å²) >= 11 is 0. The van der Waals surface area contributed by atoms with E-state index in [2.05, 4.69) is 10.6 Å². The maximum atomic E-state index is 12.9. The van der Waals surface area contributed by atoms with Crippen LogP contribution in [0.2, 0.25) is 0 Å². The Morgan fingerprint density at radius 1 is 1.26 bits per heavy atom. The van der Waals surface area contributed by atoms with Crippen LogP contribution >= 0.6 is 0 Å². The normalized spacial score (nSPS) is 16.3. The Kier molecular flexibility index (Phi) is 5.33. The summed E-state index contributed by atoms with van der Waals surface area (Å²) in [6, 6.07) is 6.53. The molecule has 104 valence electrons. The summed E-state index contributed by atoms with van der Waals surface area (Å²) < 4.78 is 12.9. The highest BCUT2D eigenvalue weighted by molar-refractivity contribution is 5.90. The van der Waals surface area contributed by atoms with Crippen LogP contribution in [0.5, 0.6) is 0 Å². The second-order valence-corrected chi connectivity index (χ2v) is 5.10. The van der Waals surface area contributed by atoms with E-state index in [1.54, 1.807) is 12.1 Å². The molecule has 0 heterocycles. The summed E-state index contributed by atoms with van der Waals surface area (Å²) in [7, 11) is 0. The van der Waals surface area contributed by atoms with Crippen molar-refractivity contribution < 1.29 is 9.18 Å². The van der Waals surface area contributed by atoms with Gasteiger partial charge < -0.3 is 10.6 Å². The molecule has 2 N–H and O–H groups in total. The van der Waals surface area contributed by atoms with Gasteiger partial charge in [-0.3, -0.25) is 4.79 Å². The van der Waals surface area contributed by atoms with Gasteiger partial charge in [-0.2, -0.15) is 0 Å². The van der Waals surface area contributed by atoms with E-state index in [1.807, 2.05) is 0 Å². The topological polar surface area (TPSA) is 41.1 Å². The largest absolute Gasteiger partial charge is 0.326 e. The summed E-state index contributed by atoms with van der Waals surface area (Å²) in [4.78, 5) is 11.7. The Bertz CT molecular complexity index is 416. The molecule has 4 heteroatoms. The minimum Gasteiger partial charge on any atom is -0.326 e. The van der Waals surface area contributed by atoms with Crippen molar-refractivity contribution in [2.45, 2.75) is 44.6 Å². The molecule has 3 nitrogen and oxygen atoms in total. The Hall–Kier alpha value is -1.42. The van der Waals surface area contributed by atoms with Gasteiger partial charge in [-0.25, -0.2) is 4.39 Å². The van der Waals surface area contributed by atoms with Gasteiger partial charge in [0.2, 0.25) is 5.91 Å². The van der Waals surface area contributed by atoms with Crippen LogP contribution < -0.4 is 10.6 Å². The fourth-order valence-electron chi connectivity index (χ4n) is 2.49. The number of hydrogen-bond donors (Lipinski definition) is 2. The lowest BCUT2D eigenvalue weighted by Gasteiger charge is -2.22. The molecule has 19 heavy (non-hydrogen) atoms. The molecule has 1 saturated carbocycles. The molecule has 1 aliphatic carbocycles. The fourth-order valence-corrected chi connectivity index (χ4v) is 2.49. The molecule has 0 radical (unpaired) electrons. The average molecular weight is 264 g/mol. The van der Waals surface area contributed by atoms with Crippen LogP contribution in [0.25, 0.3) is 0 Å². The van der Waals surface area contributed by atoms with E-state index in [9.17, 15) is 9.18 Å². The molecule has 0 aliphatic heterocycles. The van der Waals surface area contributed by atoms with Crippen molar-refractivity contribution in [3.8, 4) is 0 Å². The Morgan fingerprint density at radius 2 is 2.05 bits per heavy atom. The van der Waals surface area contributed by atoms with E-state index >= 15 is 0 Å². The summed E-state index contributed by atoms with van der Waals surface area (Å²) in [6.07, 6.45) is 6.75. The molecule has 1 aliphatic rings.